The monoisotopic (exact) mass is 300 g/mol. The second-order valence-corrected chi connectivity index (χ2v) is 5.40. The first-order valence-corrected chi connectivity index (χ1v) is 7.02. The molecule has 1 aliphatic heterocycles. The number of nitrogens with zero attached hydrogens (tertiary/aromatic N) is 1. The van der Waals surface area contributed by atoms with Gasteiger partial charge in [0, 0.05) is 11.6 Å². The normalized spacial score (nSPS) is 16.8. The molecule has 6 heteroatoms. The van der Waals surface area contributed by atoms with E-state index in [1.807, 2.05) is 6.92 Å². The Bertz CT molecular complexity index is 479. The summed E-state index contributed by atoms with van der Waals surface area (Å²) >= 11 is 0. The highest BCUT2D eigenvalue weighted by atomic mass is 19.4. The summed E-state index contributed by atoms with van der Waals surface area (Å²) in [5.41, 5.74) is 1.28. The minimum atomic E-state index is -4.38. The van der Waals surface area contributed by atoms with Crippen LogP contribution in [0.25, 0.3) is 0 Å². The first kappa shape index (κ1) is 15.8. The van der Waals surface area contributed by atoms with Gasteiger partial charge < -0.3 is 10.2 Å². The van der Waals surface area contributed by atoms with Crippen molar-refractivity contribution in [2.75, 3.05) is 19.6 Å². The number of alkyl halides is 3. The zero-order valence-electron chi connectivity index (χ0n) is 11.9. The van der Waals surface area contributed by atoms with Gasteiger partial charge in [-0.15, -0.1) is 0 Å². The van der Waals surface area contributed by atoms with Crippen molar-refractivity contribution >= 4 is 5.91 Å². The zero-order valence-corrected chi connectivity index (χ0v) is 11.9. The van der Waals surface area contributed by atoms with Crippen molar-refractivity contribution in [2.45, 2.75) is 32.0 Å². The largest absolute Gasteiger partial charge is 0.406 e. The van der Waals surface area contributed by atoms with Gasteiger partial charge in [-0.2, -0.15) is 13.2 Å². The van der Waals surface area contributed by atoms with Gasteiger partial charge in [-0.1, -0.05) is 17.7 Å². The lowest BCUT2D eigenvalue weighted by atomic mass is 10.0. The summed E-state index contributed by atoms with van der Waals surface area (Å²) in [4.78, 5) is 13.4. The number of piperidine rings is 1. The fourth-order valence-electron chi connectivity index (χ4n) is 2.54. The van der Waals surface area contributed by atoms with Crippen molar-refractivity contribution < 1.29 is 18.0 Å². The molecule has 3 nitrogen and oxygen atoms in total. The molecule has 0 atom stereocenters. The number of benzene rings is 1. The van der Waals surface area contributed by atoms with Crippen LogP contribution in [0.3, 0.4) is 0 Å². The summed E-state index contributed by atoms with van der Waals surface area (Å²) in [6.07, 6.45) is -3.29. The fraction of sp³-hybridized carbons (Fsp3) is 0.533. The van der Waals surface area contributed by atoms with E-state index in [0.29, 0.717) is 31.5 Å². The maximum Gasteiger partial charge on any atom is 0.406 e. The van der Waals surface area contributed by atoms with Gasteiger partial charge in [0.1, 0.15) is 6.54 Å². The third-order valence-corrected chi connectivity index (χ3v) is 3.66. The van der Waals surface area contributed by atoms with E-state index in [9.17, 15) is 18.0 Å². The summed E-state index contributed by atoms with van der Waals surface area (Å²) in [5, 5.41) is 3.10. The molecule has 116 valence electrons. The predicted molar refractivity (Wildman–Crippen MR) is 74.2 cm³/mol. The van der Waals surface area contributed by atoms with E-state index in [1.54, 1.807) is 24.3 Å². The molecule has 2 rings (SSSR count). The number of nitrogens with one attached hydrogen (secondary N) is 1. The molecule has 1 fully saturated rings. The number of amides is 1. The SMILES string of the molecule is Cc1ccc(C(=O)N(CC(F)(F)F)C2CCNCC2)cc1. The molecule has 0 radical (unpaired) electrons. The molecule has 1 aliphatic rings. The molecule has 0 saturated carbocycles. The molecule has 1 aromatic carbocycles. The minimum Gasteiger partial charge on any atom is -0.326 e. The van der Waals surface area contributed by atoms with E-state index < -0.39 is 18.6 Å². The number of carbonyl (C=O) groups excluding carboxylic acids is 1. The first-order chi connectivity index (χ1) is 9.87. The number of carbonyl (C=O) groups is 1. The highest BCUT2D eigenvalue weighted by molar-refractivity contribution is 5.94. The van der Waals surface area contributed by atoms with Crippen LogP contribution in [0.4, 0.5) is 13.2 Å². The molecule has 1 saturated heterocycles. The Labute approximate surface area is 122 Å². The van der Waals surface area contributed by atoms with Crippen LogP contribution < -0.4 is 5.32 Å². The Kier molecular flexibility index (Phi) is 4.88. The summed E-state index contributed by atoms with van der Waals surface area (Å²) in [7, 11) is 0. The van der Waals surface area contributed by atoms with E-state index in [4.69, 9.17) is 0 Å². The summed E-state index contributed by atoms with van der Waals surface area (Å²) in [5.74, 6) is -0.542. The molecule has 0 unspecified atom stereocenters. The molecule has 0 aromatic heterocycles. The van der Waals surface area contributed by atoms with E-state index in [1.165, 1.54) is 0 Å². The molecular formula is C15H19F3N2O. The standard InChI is InChI=1S/C15H19F3N2O/c1-11-2-4-12(5-3-11)14(21)20(10-15(16,17)18)13-6-8-19-9-7-13/h2-5,13,19H,6-10H2,1H3. The van der Waals surface area contributed by atoms with Gasteiger partial charge in [0.05, 0.1) is 0 Å². The lowest BCUT2D eigenvalue weighted by Gasteiger charge is -2.35. The van der Waals surface area contributed by atoms with Gasteiger partial charge in [0.2, 0.25) is 0 Å². The first-order valence-electron chi connectivity index (χ1n) is 7.02. The van der Waals surface area contributed by atoms with Crippen molar-refractivity contribution in [3.05, 3.63) is 35.4 Å². The van der Waals surface area contributed by atoms with Crippen LogP contribution in [-0.4, -0.2) is 42.7 Å². The third-order valence-electron chi connectivity index (χ3n) is 3.66. The molecule has 0 spiro atoms. The lowest BCUT2D eigenvalue weighted by Crippen LogP contribution is -2.49. The quantitative estimate of drug-likeness (QED) is 0.931. The topological polar surface area (TPSA) is 32.3 Å². The number of hydrogen-bond donors (Lipinski definition) is 1. The maximum absolute atomic E-state index is 12.8. The second-order valence-electron chi connectivity index (χ2n) is 5.40. The molecule has 0 bridgehead atoms. The van der Waals surface area contributed by atoms with Crippen molar-refractivity contribution in [1.82, 2.24) is 10.2 Å². The van der Waals surface area contributed by atoms with Crippen LogP contribution in [0.1, 0.15) is 28.8 Å². The predicted octanol–water partition coefficient (Wildman–Crippen LogP) is 2.75. The molecule has 1 N–H and O–H groups in total. The van der Waals surface area contributed by atoms with Crippen LogP contribution in [0, 0.1) is 6.92 Å². The molecular weight excluding hydrogens is 281 g/mol. The summed E-state index contributed by atoms with van der Waals surface area (Å²) < 4.78 is 38.4. The van der Waals surface area contributed by atoms with Crippen LogP contribution in [0.15, 0.2) is 24.3 Å². The fourth-order valence-corrected chi connectivity index (χ4v) is 2.54. The third kappa shape index (κ3) is 4.46. The van der Waals surface area contributed by atoms with Crippen LogP contribution >= 0.6 is 0 Å². The Morgan fingerprint density at radius 2 is 1.81 bits per heavy atom. The number of hydrogen-bond acceptors (Lipinski definition) is 2. The van der Waals surface area contributed by atoms with E-state index in [2.05, 4.69) is 5.32 Å². The molecule has 0 aliphatic carbocycles. The number of rotatable bonds is 3. The van der Waals surface area contributed by atoms with Crippen molar-refractivity contribution in [3.63, 3.8) is 0 Å². The van der Waals surface area contributed by atoms with E-state index >= 15 is 0 Å². The van der Waals surface area contributed by atoms with E-state index in [0.717, 1.165) is 10.5 Å². The molecule has 1 amide bonds. The molecule has 21 heavy (non-hydrogen) atoms. The van der Waals surface area contributed by atoms with Gasteiger partial charge in [-0.25, -0.2) is 0 Å². The van der Waals surface area contributed by atoms with Crippen LogP contribution in [0.5, 0.6) is 0 Å². The van der Waals surface area contributed by atoms with Gasteiger partial charge in [0.15, 0.2) is 0 Å². The van der Waals surface area contributed by atoms with Crippen LogP contribution in [-0.2, 0) is 0 Å². The molecule has 1 aromatic rings. The van der Waals surface area contributed by atoms with E-state index in [-0.39, 0.29) is 6.04 Å². The van der Waals surface area contributed by atoms with Gasteiger partial charge >= 0.3 is 6.18 Å². The highest BCUT2D eigenvalue weighted by Gasteiger charge is 2.37. The average Bonchev–Trinajstić information content (AvgIpc) is 2.45. The van der Waals surface area contributed by atoms with Crippen molar-refractivity contribution in [2.24, 2.45) is 0 Å². The Balaban J connectivity index is 2.20. The Morgan fingerprint density at radius 3 is 2.33 bits per heavy atom. The van der Waals surface area contributed by atoms with Gasteiger partial charge in [0.25, 0.3) is 5.91 Å². The lowest BCUT2D eigenvalue weighted by molar-refractivity contribution is -0.145. The zero-order chi connectivity index (χ0) is 15.5. The number of halogens is 3. The Hall–Kier alpha value is -1.56. The van der Waals surface area contributed by atoms with Crippen LogP contribution in [0.2, 0.25) is 0 Å². The average molecular weight is 300 g/mol. The number of aryl methyl sites for hydroxylation is 1. The summed E-state index contributed by atoms with van der Waals surface area (Å²) in [6, 6.07) is 6.29. The van der Waals surface area contributed by atoms with Crippen molar-refractivity contribution in [3.8, 4) is 0 Å². The molecule has 1 heterocycles. The minimum absolute atomic E-state index is 0.309. The second kappa shape index (κ2) is 6.47. The smallest absolute Gasteiger partial charge is 0.326 e. The van der Waals surface area contributed by atoms with Gasteiger partial charge in [-0.3, -0.25) is 4.79 Å². The Morgan fingerprint density at radius 1 is 1.24 bits per heavy atom. The maximum atomic E-state index is 12.8. The highest BCUT2D eigenvalue weighted by Crippen LogP contribution is 2.23. The van der Waals surface area contributed by atoms with Crippen molar-refractivity contribution in [1.29, 1.82) is 0 Å². The summed E-state index contributed by atoms with van der Waals surface area (Å²) in [6.45, 7) is 1.96. The van der Waals surface area contributed by atoms with Gasteiger partial charge in [-0.05, 0) is 45.0 Å².